The topological polar surface area (TPSA) is 66.8 Å². The van der Waals surface area contributed by atoms with Crippen LogP contribution in [0.1, 0.15) is 19.8 Å². The highest BCUT2D eigenvalue weighted by Gasteiger charge is 2.38. The molecule has 0 radical (unpaired) electrons. The van der Waals surface area contributed by atoms with Crippen molar-refractivity contribution in [2.24, 2.45) is 0 Å². The van der Waals surface area contributed by atoms with Crippen molar-refractivity contribution in [1.82, 2.24) is 0 Å². The third-order valence-corrected chi connectivity index (χ3v) is 1.78. The summed E-state index contributed by atoms with van der Waals surface area (Å²) in [6.45, 7) is 1.96. The molecule has 1 saturated heterocycles. The Balaban J connectivity index is 2.48. The maximum Gasteiger partial charge on any atom is 0.306 e. The molecule has 1 aliphatic heterocycles. The molecule has 0 aromatic rings. The number of hydrogen-bond donors (Lipinski definition) is 2. The summed E-state index contributed by atoms with van der Waals surface area (Å²) in [5, 5.41) is 17.9. The molecule has 0 bridgehead atoms. The predicted molar refractivity (Wildman–Crippen MR) is 37.2 cm³/mol. The van der Waals surface area contributed by atoms with Crippen LogP contribution in [0.25, 0.3) is 0 Å². The number of aliphatic carboxylic acids is 1. The first kappa shape index (κ1) is 8.49. The van der Waals surface area contributed by atoms with Crippen LogP contribution in [0.4, 0.5) is 0 Å². The molecular formula is C7H12O4. The first-order valence-electron chi connectivity index (χ1n) is 3.58. The Hall–Kier alpha value is -0.610. The largest absolute Gasteiger partial charge is 0.481 e. The van der Waals surface area contributed by atoms with Crippen molar-refractivity contribution in [1.29, 1.82) is 0 Å². The lowest BCUT2D eigenvalue weighted by Crippen LogP contribution is -2.32. The SMILES string of the molecule is C[C@@H]1C[C@@](O)(CC(=O)O)CO1. The van der Waals surface area contributed by atoms with Crippen molar-refractivity contribution in [3.05, 3.63) is 0 Å². The molecule has 0 aliphatic carbocycles. The van der Waals surface area contributed by atoms with Crippen LogP contribution < -0.4 is 0 Å². The van der Waals surface area contributed by atoms with Gasteiger partial charge < -0.3 is 14.9 Å². The molecule has 0 aromatic carbocycles. The van der Waals surface area contributed by atoms with Crippen LogP contribution in [-0.2, 0) is 9.53 Å². The van der Waals surface area contributed by atoms with E-state index in [1.54, 1.807) is 0 Å². The molecule has 0 amide bonds. The second-order valence-corrected chi connectivity index (χ2v) is 3.12. The zero-order chi connectivity index (χ0) is 8.48. The maximum absolute atomic E-state index is 10.3. The van der Waals surface area contributed by atoms with Gasteiger partial charge in [0.2, 0.25) is 0 Å². The van der Waals surface area contributed by atoms with Crippen LogP contribution in [0, 0.1) is 0 Å². The average molecular weight is 160 g/mol. The summed E-state index contributed by atoms with van der Waals surface area (Å²) in [6.07, 6.45) is 0.163. The van der Waals surface area contributed by atoms with Gasteiger partial charge in [0.15, 0.2) is 0 Å². The standard InChI is InChI=1S/C7H12O4/c1-5-2-7(10,4-11-5)3-6(8)9/h5,10H,2-4H2,1H3,(H,8,9)/t5-,7-/m1/s1. The van der Waals surface area contributed by atoms with Crippen LogP contribution in [0.3, 0.4) is 0 Å². The van der Waals surface area contributed by atoms with Crippen LogP contribution >= 0.6 is 0 Å². The molecule has 4 heteroatoms. The number of carboxylic acid groups (broad SMARTS) is 1. The number of ether oxygens (including phenoxy) is 1. The fourth-order valence-electron chi connectivity index (χ4n) is 1.36. The third-order valence-electron chi connectivity index (χ3n) is 1.78. The molecular weight excluding hydrogens is 148 g/mol. The van der Waals surface area contributed by atoms with Gasteiger partial charge in [0.25, 0.3) is 0 Å². The van der Waals surface area contributed by atoms with E-state index in [4.69, 9.17) is 9.84 Å². The maximum atomic E-state index is 10.3. The molecule has 64 valence electrons. The van der Waals surface area contributed by atoms with E-state index < -0.39 is 11.6 Å². The predicted octanol–water partition coefficient (Wildman–Crippen LogP) is 0.00100. The molecule has 0 spiro atoms. The van der Waals surface area contributed by atoms with E-state index in [9.17, 15) is 9.90 Å². The minimum Gasteiger partial charge on any atom is -0.481 e. The molecule has 4 nitrogen and oxygen atoms in total. The molecule has 0 saturated carbocycles. The number of carbonyl (C=O) groups is 1. The first-order valence-corrected chi connectivity index (χ1v) is 3.58. The zero-order valence-corrected chi connectivity index (χ0v) is 6.41. The number of carboxylic acids is 1. The average Bonchev–Trinajstić information content (AvgIpc) is 2.08. The summed E-state index contributed by atoms with van der Waals surface area (Å²) >= 11 is 0. The van der Waals surface area contributed by atoms with Crippen LogP contribution in [0.15, 0.2) is 0 Å². The monoisotopic (exact) mass is 160 g/mol. The van der Waals surface area contributed by atoms with E-state index in [1.165, 1.54) is 0 Å². The number of hydrogen-bond acceptors (Lipinski definition) is 3. The van der Waals surface area contributed by atoms with Crippen molar-refractivity contribution in [3.63, 3.8) is 0 Å². The van der Waals surface area contributed by atoms with Crippen molar-refractivity contribution >= 4 is 5.97 Å². The highest BCUT2D eigenvalue weighted by atomic mass is 16.5. The Labute approximate surface area is 64.8 Å². The molecule has 1 rings (SSSR count). The van der Waals surface area contributed by atoms with Crippen molar-refractivity contribution in [2.75, 3.05) is 6.61 Å². The molecule has 0 unspecified atom stereocenters. The smallest absolute Gasteiger partial charge is 0.306 e. The quantitative estimate of drug-likeness (QED) is 0.596. The second kappa shape index (κ2) is 2.79. The molecule has 2 atom stereocenters. The summed E-state index contributed by atoms with van der Waals surface area (Å²) in [7, 11) is 0. The summed E-state index contributed by atoms with van der Waals surface area (Å²) in [6, 6.07) is 0. The van der Waals surface area contributed by atoms with E-state index in [0.717, 1.165) is 0 Å². The second-order valence-electron chi connectivity index (χ2n) is 3.12. The Morgan fingerprint density at radius 3 is 2.82 bits per heavy atom. The Kier molecular flexibility index (Phi) is 2.15. The summed E-state index contributed by atoms with van der Waals surface area (Å²) in [5.74, 6) is -0.981. The highest BCUT2D eigenvalue weighted by Crippen LogP contribution is 2.26. The summed E-state index contributed by atoms with van der Waals surface area (Å²) in [5.41, 5.74) is -1.13. The first-order chi connectivity index (χ1) is 5.02. The van der Waals surface area contributed by atoms with Crippen LogP contribution in [-0.4, -0.2) is 34.5 Å². The van der Waals surface area contributed by atoms with E-state index in [-0.39, 0.29) is 19.1 Å². The zero-order valence-electron chi connectivity index (χ0n) is 6.41. The summed E-state index contributed by atoms with van der Waals surface area (Å²) in [4.78, 5) is 10.3. The van der Waals surface area contributed by atoms with E-state index in [1.807, 2.05) is 6.92 Å². The fraction of sp³-hybridized carbons (Fsp3) is 0.857. The van der Waals surface area contributed by atoms with E-state index in [0.29, 0.717) is 6.42 Å². The van der Waals surface area contributed by atoms with E-state index >= 15 is 0 Å². The van der Waals surface area contributed by atoms with E-state index in [2.05, 4.69) is 0 Å². The Bertz CT molecular complexity index is 168. The van der Waals surface area contributed by atoms with Gasteiger partial charge in [0.05, 0.1) is 19.1 Å². The minimum atomic E-state index is -1.13. The van der Waals surface area contributed by atoms with Gasteiger partial charge in [-0.2, -0.15) is 0 Å². The van der Waals surface area contributed by atoms with Gasteiger partial charge >= 0.3 is 5.97 Å². The van der Waals surface area contributed by atoms with Gasteiger partial charge in [0.1, 0.15) is 5.60 Å². The molecule has 1 aliphatic rings. The molecule has 1 heterocycles. The highest BCUT2D eigenvalue weighted by molar-refractivity contribution is 5.68. The van der Waals surface area contributed by atoms with Gasteiger partial charge in [-0.25, -0.2) is 0 Å². The minimum absolute atomic E-state index is 0.0284. The third kappa shape index (κ3) is 2.17. The van der Waals surface area contributed by atoms with Crippen molar-refractivity contribution in [2.45, 2.75) is 31.5 Å². The lowest BCUT2D eigenvalue weighted by atomic mass is 9.97. The lowest BCUT2D eigenvalue weighted by molar-refractivity contribution is -0.142. The van der Waals surface area contributed by atoms with Crippen LogP contribution in [0.2, 0.25) is 0 Å². The van der Waals surface area contributed by atoms with Gasteiger partial charge in [-0.1, -0.05) is 0 Å². The van der Waals surface area contributed by atoms with Gasteiger partial charge in [-0.3, -0.25) is 4.79 Å². The molecule has 2 N–H and O–H groups in total. The fourth-order valence-corrected chi connectivity index (χ4v) is 1.36. The molecule has 0 aromatic heterocycles. The number of rotatable bonds is 2. The Morgan fingerprint density at radius 2 is 2.45 bits per heavy atom. The number of aliphatic hydroxyl groups is 1. The van der Waals surface area contributed by atoms with Gasteiger partial charge in [-0.15, -0.1) is 0 Å². The van der Waals surface area contributed by atoms with Crippen LogP contribution in [0.5, 0.6) is 0 Å². The summed E-state index contributed by atoms with van der Waals surface area (Å²) < 4.78 is 5.06. The lowest BCUT2D eigenvalue weighted by Gasteiger charge is -2.16. The van der Waals surface area contributed by atoms with Crippen molar-refractivity contribution < 1.29 is 19.7 Å². The van der Waals surface area contributed by atoms with Crippen molar-refractivity contribution in [3.8, 4) is 0 Å². The normalized spacial score (nSPS) is 37.5. The molecule has 11 heavy (non-hydrogen) atoms. The Morgan fingerprint density at radius 1 is 1.82 bits per heavy atom. The van der Waals surface area contributed by atoms with Gasteiger partial charge in [-0.05, 0) is 6.92 Å². The molecule has 1 fully saturated rings. The van der Waals surface area contributed by atoms with Gasteiger partial charge in [0, 0.05) is 6.42 Å².